The highest BCUT2D eigenvalue weighted by Gasteiger charge is 2.23. The molecule has 0 bridgehead atoms. The molecule has 0 radical (unpaired) electrons. The zero-order valence-electron chi connectivity index (χ0n) is 55.0. The van der Waals surface area contributed by atoms with Gasteiger partial charge in [0.2, 0.25) is 5.91 Å². The largest absolute Gasteiger partial charge is 0.756 e. The Labute approximate surface area is 506 Å². The molecule has 0 aliphatic heterocycles. The van der Waals surface area contributed by atoms with Gasteiger partial charge in [-0.1, -0.05) is 352 Å². The summed E-state index contributed by atoms with van der Waals surface area (Å²) in [7, 11) is 1.25. The summed E-state index contributed by atoms with van der Waals surface area (Å²) in [6, 6.07) is -0.910. The second-order valence-corrected chi connectivity index (χ2v) is 27.3. The van der Waals surface area contributed by atoms with Gasteiger partial charge in [-0.25, -0.2) is 0 Å². The first-order chi connectivity index (χ1) is 39.5. The third-order valence-electron chi connectivity index (χ3n) is 16.6. The molecule has 0 saturated carbocycles. The van der Waals surface area contributed by atoms with Gasteiger partial charge in [-0.05, 0) is 44.9 Å². The van der Waals surface area contributed by atoms with Crippen LogP contribution in [-0.2, 0) is 18.4 Å². The van der Waals surface area contributed by atoms with Crippen molar-refractivity contribution in [2.45, 2.75) is 379 Å². The Hall–Kier alpha value is -1.28. The van der Waals surface area contributed by atoms with Crippen LogP contribution >= 0.6 is 7.82 Å². The van der Waals surface area contributed by atoms with Gasteiger partial charge in [-0.3, -0.25) is 9.36 Å². The first kappa shape index (κ1) is 79.7. The fourth-order valence-corrected chi connectivity index (χ4v) is 11.7. The summed E-state index contributed by atoms with van der Waals surface area (Å²) in [6.45, 7) is 4.68. The highest BCUT2D eigenvalue weighted by molar-refractivity contribution is 7.45. The van der Waals surface area contributed by atoms with E-state index in [1.807, 2.05) is 27.2 Å². The molecule has 8 nitrogen and oxygen atoms in total. The van der Waals surface area contributed by atoms with E-state index in [4.69, 9.17) is 9.05 Å². The first-order valence-electron chi connectivity index (χ1n) is 35.9. The number of amides is 1. The van der Waals surface area contributed by atoms with Gasteiger partial charge < -0.3 is 28.8 Å². The van der Waals surface area contributed by atoms with E-state index in [1.165, 1.54) is 302 Å². The average Bonchev–Trinajstić information content (AvgIpc) is 3.43. The number of carbonyl (C=O) groups excluding carboxylic acids is 1. The molecule has 0 aliphatic rings. The Bertz CT molecular complexity index is 1410. The number of allylic oxidation sites excluding steroid dienone is 5. The van der Waals surface area contributed by atoms with Gasteiger partial charge in [0.15, 0.2) is 0 Å². The summed E-state index contributed by atoms with van der Waals surface area (Å²) < 4.78 is 23.4. The molecule has 0 aromatic rings. The summed E-state index contributed by atoms with van der Waals surface area (Å²) in [5, 5.41) is 13.9. The van der Waals surface area contributed by atoms with E-state index in [0.717, 1.165) is 44.9 Å². The number of likely N-dealkylation sites (N-methyl/N-ethyl adjacent to an activating group) is 1. The molecule has 0 saturated heterocycles. The molecular formula is C72H141N2O6P. The van der Waals surface area contributed by atoms with Crippen LogP contribution in [0.4, 0.5) is 0 Å². The van der Waals surface area contributed by atoms with Crippen molar-refractivity contribution in [3.63, 3.8) is 0 Å². The van der Waals surface area contributed by atoms with E-state index < -0.39 is 26.6 Å². The molecule has 81 heavy (non-hydrogen) atoms. The lowest BCUT2D eigenvalue weighted by Crippen LogP contribution is -2.45. The summed E-state index contributed by atoms with van der Waals surface area (Å²) >= 11 is 0. The van der Waals surface area contributed by atoms with Gasteiger partial charge in [0.25, 0.3) is 7.82 Å². The zero-order chi connectivity index (χ0) is 59.1. The Balaban J connectivity index is 4.09. The second kappa shape index (κ2) is 63.2. The van der Waals surface area contributed by atoms with Crippen molar-refractivity contribution in [3.8, 4) is 0 Å². The van der Waals surface area contributed by atoms with E-state index in [2.05, 4.69) is 43.5 Å². The number of hydrogen-bond donors (Lipinski definition) is 2. The fraction of sp³-hybridized carbons (Fsp3) is 0.903. The number of phosphoric ester groups is 1. The van der Waals surface area contributed by atoms with Crippen molar-refractivity contribution >= 4 is 13.7 Å². The molecule has 0 spiro atoms. The van der Waals surface area contributed by atoms with E-state index in [9.17, 15) is 19.4 Å². The van der Waals surface area contributed by atoms with E-state index in [1.54, 1.807) is 6.08 Å². The van der Waals surface area contributed by atoms with Crippen molar-refractivity contribution < 1.29 is 32.9 Å². The van der Waals surface area contributed by atoms with Crippen LogP contribution in [0, 0.1) is 0 Å². The number of carbonyl (C=O) groups is 1. The first-order valence-corrected chi connectivity index (χ1v) is 37.3. The number of nitrogens with zero attached hydrogens (tertiary/aromatic N) is 1. The van der Waals surface area contributed by atoms with Crippen molar-refractivity contribution in [1.82, 2.24) is 5.32 Å². The highest BCUT2D eigenvalue weighted by Crippen LogP contribution is 2.38. The number of quaternary nitrogens is 1. The zero-order valence-corrected chi connectivity index (χ0v) is 55.9. The van der Waals surface area contributed by atoms with Crippen molar-refractivity contribution in [2.75, 3.05) is 40.9 Å². The van der Waals surface area contributed by atoms with Gasteiger partial charge >= 0.3 is 0 Å². The minimum absolute atomic E-state index is 0.00704. The van der Waals surface area contributed by atoms with Crippen LogP contribution in [-0.4, -0.2) is 68.5 Å². The van der Waals surface area contributed by atoms with Crippen LogP contribution < -0.4 is 10.2 Å². The van der Waals surface area contributed by atoms with Crippen LogP contribution in [0.3, 0.4) is 0 Å². The van der Waals surface area contributed by atoms with Crippen LogP contribution in [0.5, 0.6) is 0 Å². The predicted molar refractivity (Wildman–Crippen MR) is 353 cm³/mol. The van der Waals surface area contributed by atoms with Gasteiger partial charge in [0, 0.05) is 6.42 Å². The smallest absolute Gasteiger partial charge is 0.268 e. The maximum Gasteiger partial charge on any atom is 0.268 e. The number of unbranched alkanes of at least 4 members (excludes halogenated alkanes) is 50. The third-order valence-corrected chi connectivity index (χ3v) is 17.5. The monoisotopic (exact) mass is 1160 g/mol. The third kappa shape index (κ3) is 66.1. The van der Waals surface area contributed by atoms with Gasteiger partial charge in [0.1, 0.15) is 13.2 Å². The second-order valence-electron chi connectivity index (χ2n) is 25.9. The van der Waals surface area contributed by atoms with Crippen molar-refractivity contribution in [3.05, 3.63) is 36.5 Å². The van der Waals surface area contributed by atoms with Gasteiger partial charge in [0.05, 0.1) is 39.9 Å². The van der Waals surface area contributed by atoms with Crippen molar-refractivity contribution in [1.29, 1.82) is 0 Å². The molecule has 3 atom stereocenters. The van der Waals surface area contributed by atoms with Gasteiger partial charge in [-0.15, -0.1) is 0 Å². The van der Waals surface area contributed by atoms with Gasteiger partial charge in [-0.2, -0.15) is 0 Å². The number of nitrogens with one attached hydrogen (secondary N) is 1. The normalized spacial score (nSPS) is 13.8. The molecular weight excluding hydrogens is 1020 g/mol. The molecule has 9 heteroatoms. The number of hydrogen-bond acceptors (Lipinski definition) is 6. The number of rotatable bonds is 67. The average molecular weight is 1160 g/mol. The quantitative estimate of drug-likeness (QED) is 0.0272. The Morgan fingerprint density at radius 3 is 1.00 bits per heavy atom. The van der Waals surface area contributed by atoms with Crippen molar-refractivity contribution in [2.24, 2.45) is 0 Å². The highest BCUT2D eigenvalue weighted by atomic mass is 31.2. The molecule has 0 aromatic heterocycles. The molecule has 0 rings (SSSR count). The maximum atomic E-state index is 13.0. The van der Waals surface area contributed by atoms with Crippen LogP contribution in [0.15, 0.2) is 36.5 Å². The molecule has 0 aromatic carbocycles. The Morgan fingerprint density at radius 1 is 0.420 bits per heavy atom. The Kier molecular flexibility index (Phi) is 62.2. The van der Waals surface area contributed by atoms with Crippen LogP contribution in [0.1, 0.15) is 367 Å². The molecule has 480 valence electrons. The summed E-state index contributed by atoms with van der Waals surface area (Å²) in [6.07, 6.45) is 84.3. The molecule has 1 amide bonds. The molecule has 0 aliphatic carbocycles. The topological polar surface area (TPSA) is 108 Å². The minimum atomic E-state index is -4.61. The molecule has 3 unspecified atom stereocenters. The summed E-state index contributed by atoms with van der Waals surface area (Å²) in [4.78, 5) is 25.6. The van der Waals surface area contributed by atoms with E-state index >= 15 is 0 Å². The van der Waals surface area contributed by atoms with Crippen LogP contribution in [0.2, 0.25) is 0 Å². The SMILES string of the molecule is CCCCCCCCCCCCCCCCCCCCCCC/C=C/CC/C=C/CC/C=C/C(O)C(COP(=O)([O-])OCC[N+](C)(C)C)NC(=O)CCCCCCCCCCCCCCCCCCCCCCCCCCCCCC. The standard InChI is InChI=1S/C72H141N2O6P/c1-6-8-10-12-14-16-18-20-22-24-26-28-30-32-34-36-37-38-39-41-43-45-47-49-51-53-55-57-59-61-63-65-71(75)70(69-80-81(77,78)79-68-67-74(3,4)5)73-72(76)66-64-62-60-58-56-54-52-50-48-46-44-42-40-35-33-31-29-27-25-23-21-19-17-15-13-11-9-7-2/h47,49,55,57,63,65,70-71,75H,6-46,48,50-54,56,58-62,64,66-69H2,1-5H3,(H-,73,76,77,78)/b49-47+,57-55+,65-63+. The molecule has 0 fully saturated rings. The molecule has 2 N–H and O–H groups in total. The fourth-order valence-electron chi connectivity index (χ4n) is 11.0. The van der Waals surface area contributed by atoms with E-state index in [0.29, 0.717) is 17.4 Å². The van der Waals surface area contributed by atoms with Crippen LogP contribution in [0.25, 0.3) is 0 Å². The maximum absolute atomic E-state index is 13.0. The lowest BCUT2D eigenvalue weighted by Gasteiger charge is -2.29. The summed E-state index contributed by atoms with van der Waals surface area (Å²) in [5.41, 5.74) is 0. The lowest BCUT2D eigenvalue weighted by atomic mass is 10.0. The Morgan fingerprint density at radius 2 is 0.691 bits per heavy atom. The summed E-state index contributed by atoms with van der Waals surface area (Å²) in [5.74, 6) is -0.203. The lowest BCUT2D eigenvalue weighted by molar-refractivity contribution is -0.870. The number of aliphatic hydroxyl groups is 1. The molecule has 0 heterocycles. The minimum Gasteiger partial charge on any atom is -0.756 e. The number of phosphoric acid groups is 1. The number of aliphatic hydroxyl groups excluding tert-OH is 1. The van der Waals surface area contributed by atoms with E-state index in [-0.39, 0.29) is 12.5 Å². The predicted octanol–water partition coefficient (Wildman–Crippen LogP) is 22.2.